The molecule has 0 atom stereocenters. The fourth-order valence-electron chi connectivity index (χ4n) is 3.66. The summed E-state index contributed by atoms with van der Waals surface area (Å²) in [7, 11) is 0. The summed E-state index contributed by atoms with van der Waals surface area (Å²) in [5.74, 6) is -0.0710. The molecule has 2 aromatic carbocycles. The topological polar surface area (TPSA) is 79.3 Å². The fraction of sp³-hybridized carbons (Fsp3) is 0.240. The second kappa shape index (κ2) is 8.94. The van der Waals surface area contributed by atoms with E-state index in [1.807, 2.05) is 32.9 Å². The Labute approximate surface area is 200 Å². The molecule has 1 aliphatic rings. The number of rotatable bonds is 3. The Balaban J connectivity index is 1.56. The number of halogens is 3. The highest BCUT2D eigenvalue weighted by Gasteiger charge is 2.31. The van der Waals surface area contributed by atoms with Gasteiger partial charge in [0.25, 0.3) is 5.91 Å². The van der Waals surface area contributed by atoms with Crippen molar-refractivity contribution in [2.45, 2.75) is 32.5 Å². The van der Waals surface area contributed by atoms with Crippen molar-refractivity contribution < 1.29 is 22.8 Å². The monoisotopic (exact) mass is 483 g/mol. The van der Waals surface area contributed by atoms with Crippen LogP contribution in [0.3, 0.4) is 0 Å². The highest BCUT2D eigenvalue weighted by molar-refractivity contribution is 6.04. The number of amides is 3. The summed E-state index contributed by atoms with van der Waals surface area (Å²) in [4.78, 5) is 26.9. The molecule has 0 saturated heterocycles. The number of hydrogen-bond acceptors (Lipinski definition) is 3. The van der Waals surface area contributed by atoms with Gasteiger partial charge in [-0.3, -0.25) is 9.69 Å². The number of fused-ring (bicyclic) bond motifs is 1. The van der Waals surface area contributed by atoms with Crippen molar-refractivity contribution in [2.24, 2.45) is 0 Å². The summed E-state index contributed by atoms with van der Waals surface area (Å²) in [6, 6.07) is 12.6. The van der Waals surface area contributed by atoms with Gasteiger partial charge in [0.05, 0.1) is 17.5 Å². The maximum atomic E-state index is 13.0. The molecule has 7 nitrogen and oxygen atoms in total. The molecule has 0 radical (unpaired) electrons. The van der Waals surface area contributed by atoms with Gasteiger partial charge in [0, 0.05) is 35.0 Å². The average molecular weight is 483 g/mol. The van der Waals surface area contributed by atoms with Gasteiger partial charge in [0.15, 0.2) is 0 Å². The van der Waals surface area contributed by atoms with Crippen molar-refractivity contribution in [1.82, 2.24) is 15.1 Å². The van der Waals surface area contributed by atoms with Gasteiger partial charge >= 0.3 is 12.2 Å². The number of benzene rings is 2. The zero-order valence-corrected chi connectivity index (χ0v) is 19.3. The number of alkyl halides is 3. The molecule has 0 saturated carbocycles. The van der Waals surface area contributed by atoms with E-state index in [9.17, 15) is 22.8 Å². The highest BCUT2D eigenvalue weighted by atomic mass is 19.4. The van der Waals surface area contributed by atoms with Crippen LogP contribution >= 0.6 is 0 Å². The Morgan fingerprint density at radius 1 is 1.00 bits per heavy atom. The smallest absolute Gasteiger partial charge is 0.333 e. The number of carbonyl (C=O) groups is 2. The zero-order chi connectivity index (χ0) is 25.4. The van der Waals surface area contributed by atoms with Crippen molar-refractivity contribution in [3.05, 3.63) is 83.6 Å². The van der Waals surface area contributed by atoms with E-state index < -0.39 is 23.2 Å². The molecule has 1 aliphatic heterocycles. The third-order valence-corrected chi connectivity index (χ3v) is 5.19. The normalized spacial score (nSPS) is 13.7. The third-order valence-electron chi connectivity index (χ3n) is 5.19. The number of carbonyl (C=O) groups excluding carboxylic acids is 2. The molecule has 0 spiro atoms. The van der Waals surface area contributed by atoms with Crippen LogP contribution in [-0.4, -0.2) is 33.8 Å². The molecular weight excluding hydrogens is 459 g/mol. The third kappa shape index (κ3) is 5.37. The molecule has 35 heavy (non-hydrogen) atoms. The van der Waals surface area contributed by atoms with Crippen LogP contribution < -0.4 is 15.5 Å². The summed E-state index contributed by atoms with van der Waals surface area (Å²) in [5, 5.41) is 9.93. The second-order valence-electron chi connectivity index (χ2n) is 9.09. The van der Waals surface area contributed by atoms with Crippen LogP contribution in [0.5, 0.6) is 0 Å². The quantitative estimate of drug-likeness (QED) is 0.526. The summed E-state index contributed by atoms with van der Waals surface area (Å²) < 4.78 is 40.6. The lowest BCUT2D eigenvalue weighted by Gasteiger charge is -2.31. The molecule has 1 aromatic heterocycles. The standard InChI is InChI=1S/C25H24F3N5O2/c1-24(2,3)31-23(35)32-13-11-20(33-21(32)10-12-29-33)16-6-5-9-19(15-16)30-22(34)17-7-4-8-18(14-17)25(26,27)28/h4-12,14-15H,13H2,1-3H3,(H,30,34)(H,31,35). The lowest BCUT2D eigenvalue weighted by atomic mass is 10.1. The first-order valence-electron chi connectivity index (χ1n) is 10.9. The SMILES string of the molecule is CC(C)(C)NC(=O)N1CC=C(c2cccc(NC(=O)c3cccc(C(F)(F)F)c3)c2)n2nccc21. The Hall–Kier alpha value is -4.08. The first-order chi connectivity index (χ1) is 16.4. The second-order valence-corrected chi connectivity index (χ2v) is 9.09. The lowest BCUT2D eigenvalue weighted by molar-refractivity contribution is -0.137. The number of nitrogens with one attached hydrogen (secondary N) is 2. The van der Waals surface area contributed by atoms with Gasteiger partial charge in [-0.05, 0) is 57.2 Å². The van der Waals surface area contributed by atoms with Crippen LogP contribution in [0.15, 0.2) is 66.9 Å². The van der Waals surface area contributed by atoms with Gasteiger partial charge in [-0.2, -0.15) is 18.3 Å². The van der Waals surface area contributed by atoms with Crippen molar-refractivity contribution in [3.63, 3.8) is 0 Å². The first-order valence-corrected chi connectivity index (χ1v) is 10.9. The minimum atomic E-state index is -4.54. The van der Waals surface area contributed by atoms with Crippen molar-refractivity contribution in [3.8, 4) is 0 Å². The van der Waals surface area contributed by atoms with E-state index in [0.717, 1.165) is 12.1 Å². The van der Waals surface area contributed by atoms with Crippen LogP contribution in [0.2, 0.25) is 0 Å². The predicted molar refractivity (Wildman–Crippen MR) is 127 cm³/mol. The summed E-state index contributed by atoms with van der Waals surface area (Å²) >= 11 is 0. The van der Waals surface area contributed by atoms with Gasteiger partial charge in [0.2, 0.25) is 0 Å². The molecule has 2 heterocycles. The van der Waals surface area contributed by atoms with Gasteiger partial charge < -0.3 is 10.6 Å². The van der Waals surface area contributed by atoms with Crippen LogP contribution in [-0.2, 0) is 6.18 Å². The molecule has 0 unspecified atom stereocenters. The molecule has 182 valence electrons. The van der Waals surface area contributed by atoms with E-state index in [-0.39, 0.29) is 11.6 Å². The van der Waals surface area contributed by atoms with E-state index in [1.54, 1.807) is 40.0 Å². The van der Waals surface area contributed by atoms with Crippen molar-refractivity contribution in [1.29, 1.82) is 0 Å². The van der Waals surface area contributed by atoms with Crippen LogP contribution in [0, 0.1) is 0 Å². The average Bonchev–Trinajstić information content (AvgIpc) is 3.27. The molecular formula is C25H24F3N5O2. The number of urea groups is 1. The van der Waals surface area contributed by atoms with E-state index >= 15 is 0 Å². The van der Waals surface area contributed by atoms with E-state index in [0.29, 0.717) is 29.3 Å². The molecule has 0 fully saturated rings. The van der Waals surface area contributed by atoms with Crippen LogP contribution in [0.1, 0.15) is 42.3 Å². The molecule has 3 amide bonds. The van der Waals surface area contributed by atoms with Gasteiger partial charge in [-0.15, -0.1) is 0 Å². The summed E-state index contributed by atoms with van der Waals surface area (Å²) in [6.45, 7) is 6.00. The number of anilines is 2. The predicted octanol–water partition coefficient (Wildman–Crippen LogP) is 5.37. The van der Waals surface area contributed by atoms with Crippen molar-refractivity contribution >= 4 is 29.1 Å². The van der Waals surface area contributed by atoms with Gasteiger partial charge in [-0.25, -0.2) is 9.48 Å². The molecule has 10 heteroatoms. The molecule has 0 aliphatic carbocycles. The zero-order valence-electron chi connectivity index (χ0n) is 19.3. The summed E-state index contributed by atoms with van der Waals surface area (Å²) in [6.07, 6.45) is -1.11. The number of hydrogen-bond donors (Lipinski definition) is 2. The molecule has 0 bridgehead atoms. The van der Waals surface area contributed by atoms with E-state index in [2.05, 4.69) is 15.7 Å². The Morgan fingerprint density at radius 2 is 1.74 bits per heavy atom. The van der Waals surface area contributed by atoms with Gasteiger partial charge in [0.1, 0.15) is 5.82 Å². The Bertz CT molecular complexity index is 1300. The molecule has 2 N–H and O–H groups in total. The first kappa shape index (κ1) is 24.1. The maximum Gasteiger partial charge on any atom is 0.416 e. The maximum absolute atomic E-state index is 13.0. The van der Waals surface area contributed by atoms with Crippen LogP contribution in [0.25, 0.3) is 5.70 Å². The number of aromatic nitrogens is 2. The molecule has 4 rings (SSSR count). The van der Waals surface area contributed by atoms with E-state index in [1.165, 1.54) is 12.1 Å². The Morgan fingerprint density at radius 3 is 2.46 bits per heavy atom. The highest BCUT2D eigenvalue weighted by Crippen LogP contribution is 2.31. The van der Waals surface area contributed by atoms with Crippen LogP contribution in [0.4, 0.5) is 29.5 Å². The lowest BCUT2D eigenvalue weighted by Crippen LogP contribution is -2.50. The molecule has 3 aromatic rings. The van der Waals surface area contributed by atoms with Gasteiger partial charge in [-0.1, -0.05) is 18.2 Å². The fourth-order valence-corrected chi connectivity index (χ4v) is 3.66. The minimum Gasteiger partial charge on any atom is -0.333 e. The minimum absolute atomic E-state index is 0.100. The number of nitrogens with zero attached hydrogens (tertiary/aromatic N) is 3. The van der Waals surface area contributed by atoms with Crippen molar-refractivity contribution in [2.75, 3.05) is 16.8 Å². The van der Waals surface area contributed by atoms with E-state index in [4.69, 9.17) is 0 Å². The summed E-state index contributed by atoms with van der Waals surface area (Å²) in [5.41, 5.74) is 0.438. The Kier molecular flexibility index (Phi) is 6.14. The largest absolute Gasteiger partial charge is 0.416 e.